The van der Waals surface area contributed by atoms with Gasteiger partial charge in [0.25, 0.3) is 0 Å². The van der Waals surface area contributed by atoms with Crippen molar-refractivity contribution in [1.29, 1.82) is 0 Å². The number of hydrogen-bond donors (Lipinski definition) is 1. The summed E-state index contributed by atoms with van der Waals surface area (Å²) in [5.74, 6) is 2.00. The van der Waals surface area contributed by atoms with Gasteiger partial charge in [0, 0.05) is 12.4 Å². The molecule has 1 aromatic rings. The smallest absolute Gasteiger partial charge is 0.332 e. The van der Waals surface area contributed by atoms with E-state index in [9.17, 15) is 4.79 Å². The van der Waals surface area contributed by atoms with Crippen LogP contribution in [0.1, 0.15) is 19.5 Å². The normalized spacial score (nSPS) is 13.5. The first-order chi connectivity index (χ1) is 8.15. The summed E-state index contributed by atoms with van der Waals surface area (Å²) in [6.45, 7) is 3.96. The van der Waals surface area contributed by atoms with E-state index >= 15 is 0 Å². The van der Waals surface area contributed by atoms with Gasteiger partial charge in [0.2, 0.25) is 0 Å². The predicted molar refractivity (Wildman–Crippen MR) is 62.9 cm³/mol. The molecule has 5 heteroatoms. The van der Waals surface area contributed by atoms with Crippen LogP contribution in [0.4, 0.5) is 0 Å². The first kappa shape index (κ1) is 13.1. The van der Waals surface area contributed by atoms with Crippen molar-refractivity contribution in [2.45, 2.75) is 19.4 Å². The molecule has 0 spiro atoms. The SMILES string of the molecule is C#CCNC(C)(C(=O)OCC)c1cnccn1. The van der Waals surface area contributed by atoms with Gasteiger partial charge in [0.05, 0.1) is 25.0 Å². The maximum Gasteiger partial charge on any atom is 0.332 e. The third kappa shape index (κ3) is 3.02. The topological polar surface area (TPSA) is 64.1 Å². The average Bonchev–Trinajstić information content (AvgIpc) is 2.37. The van der Waals surface area contributed by atoms with Crippen molar-refractivity contribution in [2.75, 3.05) is 13.2 Å². The Morgan fingerprint density at radius 3 is 2.94 bits per heavy atom. The van der Waals surface area contributed by atoms with Crippen LogP contribution in [-0.4, -0.2) is 29.1 Å². The van der Waals surface area contributed by atoms with Crippen LogP contribution in [0, 0.1) is 12.3 Å². The summed E-state index contributed by atoms with van der Waals surface area (Å²) in [6, 6.07) is 0. The van der Waals surface area contributed by atoms with E-state index < -0.39 is 11.5 Å². The average molecular weight is 233 g/mol. The van der Waals surface area contributed by atoms with Gasteiger partial charge < -0.3 is 4.74 Å². The Kier molecular flexibility index (Phi) is 4.61. The molecule has 1 atom stereocenters. The first-order valence-electron chi connectivity index (χ1n) is 5.27. The van der Waals surface area contributed by atoms with Gasteiger partial charge in [-0.25, -0.2) is 4.79 Å². The van der Waals surface area contributed by atoms with Gasteiger partial charge in [0.15, 0.2) is 5.54 Å². The van der Waals surface area contributed by atoms with Crippen LogP contribution in [0.5, 0.6) is 0 Å². The number of carbonyl (C=O) groups is 1. The summed E-state index contributed by atoms with van der Waals surface area (Å²) in [5.41, 5.74) is -0.593. The molecule has 0 fully saturated rings. The number of carbonyl (C=O) groups excluding carboxylic acids is 1. The van der Waals surface area contributed by atoms with Crippen LogP contribution in [0.15, 0.2) is 18.6 Å². The molecule has 0 aromatic carbocycles. The second-order valence-electron chi connectivity index (χ2n) is 3.49. The minimum Gasteiger partial charge on any atom is -0.464 e. The maximum absolute atomic E-state index is 12.0. The monoisotopic (exact) mass is 233 g/mol. The molecule has 0 bridgehead atoms. The lowest BCUT2D eigenvalue weighted by Gasteiger charge is -2.26. The summed E-state index contributed by atoms with van der Waals surface area (Å²) >= 11 is 0. The summed E-state index contributed by atoms with van der Waals surface area (Å²) < 4.78 is 5.02. The molecule has 0 aliphatic rings. The Bertz CT molecular complexity index is 414. The molecular formula is C12H15N3O2. The van der Waals surface area contributed by atoms with E-state index in [0.29, 0.717) is 12.3 Å². The fraction of sp³-hybridized carbons (Fsp3) is 0.417. The van der Waals surface area contributed by atoms with E-state index in [1.165, 1.54) is 18.6 Å². The summed E-state index contributed by atoms with van der Waals surface area (Å²) in [7, 11) is 0. The molecule has 5 nitrogen and oxygen atoms in total. The van der Waals surface area contributed by atoms with Crippen molar-refractivity contribution in [1.82, 2.24) is 15.3 Å². The quantitative estimate of drug-likeness (QED) is 0.592. The third-order valence-electron chi connectivity index (χ3n) is 2.30. The number of aromatic nitrogens is 2. The van der Waals surface area contributed by atoms with Crippen molar-refractivity contribution in [3.63, 3.8) is 0 Å². The highest BCUT2D eigenvalue weighted by atomic mass is 16.5. The fourth-order valence-corrected chi connectivity index (χ4v) is 1.33. The highest BCUT2D eigenvalue weighted by Crippen LogP contribution is 2.19. The van der Waals surface area contributed by atoms with Gasteiger partial charge in [-0.05, 0) is 13.8 Å². The number of nitrogens with zero attached hydrogens (tertiary/aromatic N) is 2. The molecule has 1 heterocycles. The lowest BCUT2D eigenvalue weighted by Crippen LogP contribution is -2.48. The molecule has 1 rings (SSSR count). The molecular weight excluding hydrogens is 218 g/mol. The van der Waals surface area contributed by atoms with E-state index in [4.69, 9.17) is 11.2 Å². The van der Waals surface area contributed by atoms with Crippen molar-refractivity contribution < 1.29 is 9.53 Å². The molecule has 0 amide bonds. The van der Waals surface area contributed by atoms with Crippen molar-refractivity contribution >= 4 is 5.97 Å². The maximum atomic E-state index is 12.0. The van der Waals surface area contributed by atoms with Crippen molar-refractivity contribution in [3.05, 3.63) is 24.3 Å². The lowest BCUT2D eigenvalue weighted by atomic mass is 9.98. The highest BCUT2D eigenvalue weighted by molar-refractivity contribution is 5.81. The summed E-state index contributed by atoms with van der Waals surface area (Å²) in [6.07, 6.45) is 9.76. The second kappa shape index (κ2) is 5.97. The van der Waals surface area contributed by atoms with E-state index in [0.717, 1.165) is 0 Å². The van der Waals surface area contributed by atoms with Gasteiger partial charge >= 0.3 is 5.97 Å². The molecule has 1 N–H and O–H groups in total. The highest BCUT2D eigenvalue weighted by Gasteiger charge is 2.37. The standard InChI is InChI=1S/C12H15N3O2/c1-4-6-15-12(3,11(16)17-5-2)10-9-13-7-8-14-10/h1,7-9,15H,5-6H2,2-3H3. The van der Waals surface area contributed by atoms with Crippen LogP contribution in [0.2, 0.25) is 0 Å². The van der Waals surface area contributed by atoms with E-state index in [2.05, 4.69) is 21.2 Å². The Labute approximate surface area is 101 Å². The first-order valence-corrected chi connectivity index (χ1v) is 5.27. The minimum atomic E-state index is -1.07. The van der Waals surface area contributed by atoms with E-state index in [-0.39, 0.29) is 6.54 Å². The van der Waals surface area contributed by atoms with Crippen LogP contribution < -0.4 is 5.32 Å². The van der Waals surface area contributed by atoms with Crippen LogP contribution in [-0.2, 0) is 15.1 Å². The van der Waals surface area contributed by atoms with E-state index in [1.807, 2.05) is 0 Å². The molecule has 90 valence electrons. The van der Waals surface area contributed by atoms with Gasteiger partial charge in [0.1, 0.15) is 0 Å². The number of terminal acetylenes is 1. The molecule has 17 heavy (non-hydrogen) atoms. The molecule has 0 aliphatic heterocycles. The Hall–Kier alpha value is -1.93. The second-order valence-corrected chi connectivity index (χ2v) is 3.49. The predicted octanol–water partition coefficient (Wildman–Crippen LogP) is 0.478. The van der Waals surface area contributed by atoms with Crippen LogP contribution in [0.3, 0.4) is 0 Å². The lowest BCUT2D eigenvalue weighted by molar-refractivity contribution is -0.151. The third-order valence-corrected chi connectivity index (χ3v) is 2.30. The molecule has 1 unspecified atom stereocenters. The van der Waals surface area contributed by atoms with Gasteiger partial charge in [-0.2, -0.15) is 0 Å². The van der Waals surface area contributed by atoms with Crippen LogP contribution >= 0.6 is 0 Å². The van der Waals surface area contributed by atoms with Gasteiger partial charge in [-0.3, -0.25) is 15.3 Å². The zero-order valence-electron chi connectivity index (χ0n) is 9.93. The van der Waals surface area contributed by atoms with E-state index in [1.54, 1.807) is 13.8 Å². The minimum absolute atomic E-state index is 0.242. The summed E-state index contributed by atoms with van der Waals surface area (Å²) in [4.78, 5) is 20.0. The van der Waals surface area contributed by atoms with Crippen molar-refractivity contribution in [3.8, 4) is 12.3 Å². The molecule has 0 saturated heterocycles. The number of nitrogens with one attached hydrogen (secondary N) is 1. The zero-order chi connectivity index (χ0) is 12.7. The molecule has 1 aromatic heterocycles. The zero-order valence-corrected chi connectivity index (χ0v) is 9.93. The largest absolute Gasteiger partial charge is 0.464 e. The Balaban J connectivity index is 3.02. The number of hydrogen-bond acceptors (Lipinski definition) is 5. The molecule has 0 aliphatic carbocycles. The Morgan fingerprint density at radius 1 is 1.65 bits per heavy atom. The fourth-order valence-electron chi connectivity index (χ4n) is 1.33. The number of esters is 1. The van der Waals surface area contributed by atoms with Gasteiger partial charge in [-0.1, -0.05) is 5.92 Å². The number of rotatable bonds is 5. The van der Waals surface area contributed by atoms with Crippen LogP contribution in [0.25, 0.3) is 0 Å². The Morgan fingerprint density at radius 2 is 2.41 bits per heavy atom. The van der Waals surface area contributed by atoms with Gasteiger partial charge in [-0.15, -0.1) is 6.42 Å². The van der Waals surface area contributed by atoms with Crippen molar-refractivity contribution in [2.24, 2.45) is 0 Å². The summed E-state index contributed by atoms with van der Waals surface area (Å²) in [5, 5.41) is 2.93. The number of ether oxygens (including phenoxy) is 1. The molecule has 0 saturated carbocycles. The molecule has 0 radical (unpaired) electrons.